The van der Waals surface area contributed by atoms with Gasteiger partial charge in [0.1, 0.15) is 16.6 Å². The number of para-hydroxylation sites is 1. The van der Waals surface area contributed by atoms with Crippen LogP contribution in [-0.2, 0) is 0 Å². The summed E-state index contributed by atoms with van der Waals surface area (Å²) in [5.41, 5.74) is 2.96. The third kappa shape index (κ3) is 4.14. The molecular weight excluding hydrogens is 421 g/mol. The Bertz CT molecular complexity index is 1240. The maximum absolute atomic E-state index is 13.0. The van der Waals surface area contributed by atoms with Gasteiger partial charge in [0.15, 0.2) is 5.11 Å². The molecule has 0 saturated heterocycles. The van der Waals surface area contributed by atoms with Crippen molar-refractivity contribution in [3.63, 3.8) is 0 Å². The van der Waals surface area contributed by atoms with E-state index in [-0.39, 0.29) is 16.4 Å². The van der Waals surface area contributed by atoms with Crippen molar-refractivity contribution in [3.8, 4) is 16.3 Å². The molecule has 0 radical (unpaired) electrons. The average molecular weight is 438 g/mol. The second kappa shape index (κ2) is 8.17. The van der Waals surface area contributed by atoms with Gasteiger partial charge in [-0.05, 0) is 73.2 Å². The first-order valence-electron chi connectivity index (χ1n) is 8.98. The molecule has 0 spiro atoms. The van der Waals surface area contributed by atoms with Crippen LogP contribution in [-0.4, -0.2) is 21.1 Å². The van der Waals surface area contributed by atoms with E-state index in [0.717, 1.165) is 10.2 Å². The molecule has 0 atom stereocenters. The minimum atomic E-state index is -0.450. The van der Waals surface area contributed by atoms with Crippen molar-refractivity contribution in [3.05, 3.63) is 77.6 Å². The van der Waals surface area contributed by atoms with Crippen LogP contribution in [0.2, 0.25) is 0 Å². The molecule has 3 aromatic carbocycles. The van der Waals surface area contributed by atoms with Crippen LogP contribution < -0.4 is 10.6 Å². The number of aromatic hydroxyl groups is 1. The van der Waals surface area contributed by atoms with Crippen LogP contribution in [0.5, 0.6) is 5.75 Å². The minimum absolute atomic E-state index is 0.0877. The van der Waals surface area contributed by atoms with Gasteiger partial charge < -0.3 is 10.4 Å². The first-order valence-corrected chi connectivity index (χ1v) is 10.2. The number of hydrogen-bond acceptors (Lipinski definition) is 5. The summed E-state index contributed by atoms with van der Waals surface area (Å²) in [4.78, 5) is 16.9. The highest BCUT2D eigenvalue weighted by Crippen LogP contribution is 2.38. The van der Waals surface area contributed by atoms with E-state index in [1.54, 1.807) is 19.1 Å². The maximum Gasteiger partial charge on any atom is 0.257 e. The summed E-state index contributed by atoms with van der Waals surface area (Å²) < 4.78 is 14.0. The van der Waals surface area contributed by atoms with Crippen molar-refractivity contribution in [1.29, 1.82) is 0 Å². The first kappa shape index (κ1) is 19.9. The van der Waals surface area contributed by atoms with E-state index < -0.39 is 11.7 Å². The van der Waals surface area contributed by atoms with Crippen molar-refractivity contribution in [2.24, 2.45) is 0 Å². The van der Waals surface area contributed by atoms with Crippen molar-refractivity contribution < 1.29 is 14.3 Å². The molecule has 1 heterocycles. The van der Waals surface area contributed by atoms with Gasteiger partial charge in [0.25, 0.3) is 5.91 Å². The molecule has 1 amide bonds. The number of carbonyl (C=O) groups is 1. The number of nitrogens with one attached hydrogen (secondary N) is 2. The molecule has 30 heavy (non-hydrogen) atoms. The number of thiocarbonyl (C=S) groups is 1. The van der Waals surface area contributed by atoms with Gasteiger partial charge in [0, 0.05) is 11.3 Å². The highest BCUT2D eigenvalue weighted by atomic mass is 32.1. The Hall–Kier alpha value is -3.36. The third-order valence-electron chi connectivity index (χ3n) is 4.42. The number of benzene rings is 3. The van der Waals surface area contributed by atoms with Crippen molar-refractivity contribution in [2.45, 2.75) is 6.92 Å². The highest BCUT2D eigenvalue weighted by molar-refractivity contribution is 7.80. The Morgan fingerprint density at radius 2 is 1.87 bits per heavy atom. The molecule has 0 bridgehead atoms. The number of thiazole rings is 1. The second-order valence-corrected chi connectivity index (χ2v) is 8.03. The molecule has 1 aromatic heterocycles. The van der Waals surface area contributed by atoms with Crippen LogP contribution in [0.15, 0.2) is 60.7 Å². The molecule has 0 fully saturated rings. The molecule has 5 nitrogen and oxygen atoms in total. The number of anilines is 1. The zero-order chi connectivity index (χ0) is 21.3. The van der Waals surface area contributed by atoms with Gasteiger partial charge in [0.05, 0.1) is 15.8 Å². The molecule has 0 aliphatic carbocycles. The van der Waals surface area contributed by atoms with Gasteiger partial charge in [-0.25, -0.2) is 9.37 Å². The van der Waals surface area contributed by atoms with E-state index in [2.05, 4.69) is 15.6 Å². The molecule has 0 aliphatic heterocycles. The van der Waals surface area contributed by atoms with Crippen LogP contribution in [0.25, 0.3) is 20.8 Å². The fraction of sp³-hybridized carbons (Fsp3) is 0.0455. The Balaban J connectivity index is 1.56. The number of phenolic OH excluding ortho intramolecular Hbond substituents is 1. The first-order chi connectivity index (χ1) is 14.4. The molecule has 150 valence electrons. The Labute approximate surface area is 181 Å². The zero-order valence-corrected chi connectivity index (χ0v) is 17.4. The van der Waals surface area contributed by atoms with Gasteiger partial charge in [-0.15, -0.1) is 11.3 Å². The van der Waals surface area contributed by atoms with E-state index in [4.69, 9.17) is 12.2 Å². The zero-order valence-electron chi connectivity index (χ0n) is 15.8. The number of phenols is 1. The van der Waals surface area contributed by atoms with Gasteiger partial charge in [0.2, 0.25) is 0 Å². The van der Waals surface area contributed by atoms with Gasteiger partial charge >= 0.3 is 0 Å². The van der Waals surface area contributed by atoms with E-state index in [9.17, 15) is 14.3 Å². The Morgan fingerprint density at radius 3 is 2.60 bits per heavy atom. The Kier molecular flexibility index (Phi) is 5.43. The summed E-state index contributed by atoms with van der Waals surface area (Å²) in [6.45, 7) is 1.78. The number of nitrogens with zero attached hydrogens (tertiary/aromatic N) is 1. The van der Waals surface area contributed by atoms with E-state index >= 15 is 0 Å². The lowest BCUT2D eigenvalue weighted by molar-refractivity contribution is 0.0977. The normalized spacial score (nSPS) is 10.7. The lowest BCUT2D eigenvalue weighted by Gasteiger charge is -2.13. The predicted octanol–water partition coefficient (Wildman–Crippen LogP) is 5.24. The SMILES string of the molecule is Cc1cc(NC(=S)NC(=O)c2ccc(F)cc2)cc(-c2nc3ccccc3s2)c1O. The summed E-state index contributed by atoms with van der Waals surface area (Å²) >= 11 is 6.71. The number of aromatic nitrogens is 1. The molecule has 4 rings (SSSR count). The molecule has 8 heteroatoms. The molecule has 0 aliphatic rings. The van der Waals surface area contributed by atoms with Gasteiger partial charge in [-0.1, -0.05) is 12.1 Å². The summed E-state index contributed by atoms with van der Waals surface area (Å²) in [6.07, 6.45) is 0. The smallest absolute Gasteiger partial charge is 0.257 e. The van der Waals surface area contributed by atoms with Crippen molar-refractivity contribution in [2.75, 3.05) is 5.32 Å². The number of fused-ring (bicyclic) bond motifs is 1. The standard InChI is InChI=1S/C22H16FN3O2S2/c1-12-10-15(24-22(29)26-20(28)13-6-8-14(23)9-7-13)11-16(19(12)27)21-25-17-4-2-3-5-18(17)30-21/h2-11,27H,1H3,(H2,24,26,28,29). The van der Waals surface area contributed by atoms with E-state index in [1.807, 2.05) is 24.3 Å². The van der Waals surface area contributed by atoms with Gasteiger partial charge in [-0.2, -0.15) is 0 Å². The van der Waals surface area contributed by atoms with Crippen molar-refractivity contribution in [1.82, 2.24) is 10.3 Å². The summed E-state index contributed by atoms with van der Waals surface area (Å²) in [7, 11) is 0. The number of carbonyl (C=O) groups excluding carboxylic acids is 1. The molecule has 0 saturated carbocycles. The van der Waals surface area contributed by atoms with E-state index in [1.165, 1.54) is 35.6 Å². The minimum Gasteiger partial charge on any atom is -0.507 e. The lowest BCUT2D eigenvalue weighted by atomic mass is 10.1. The fourth-order valence-electron chi connectivity index (χ4n) is 2.94. The van der Waals surface area contributed by atoms with E-state index in [0.29, 0.717) is 21.8 Å². The van der Waals surface area contributed by atoms with Crippen LogP contribution >= 0.6 is 23.6 Å². The summed E-state index contributed by atoms with van der Waals surface area (Å²) in [5, 5.41) is 16.8. The average Bonchev–Trinajstić information content (AvgIpc) is 3.15. The fourth-order valence-corrected chi connectivity index (χ4v) is 4.13. The number of aryl methyl sites for hydroxylation is 1. The number of rotatable bonds is 3. The van der Waals surface area contributed by atoms with Crippen LogP contribution in [0.1, 0.15) is 15.9 Å². The van der Waals surface area contributed by atoms with Crippen molar-refractivity contribution >= 4 is 50.5 Å². The quantitative estimate of drug-likeness (QED) is 0.302. The maximum atomic E-state index is 13.0. The van der Waals surface area contributed by atoms with Crippen LogP contribution in [0.3, 0.4) is 0 Å². The predicted molar refractivity (Wildman–Crippen MR) is 122 cm³/mol. The van der Waals surface area contributed by atoms with Crippen LogP contribution in [0, 0.1) is 12.7 Å². The third-order valence-corrected chi connectivity index (χ3v) is 5.69. The number of halogens is 1. The van der Waals surface area contributed by atoms with Crippen LogP contribution in [0.4, 0.5) is 10.1 Å². The largest absolute Gasteiger partial charge is 0.507 e. The number of amides is 1. The second-order valence-electron chi connectivity index (χ2n) is 6.59. The molecular formula is C22H16FN3O2S2. The topological polar surface area (TPSA) is 74.2 Å². The number of hydrogen-bond donors (Lipinski definition) is 3. The molecule has 0 unspecified atom stereocenters. The van der Waals surface area contributed by atoms with Gasteiger partial charge in [-0.3, -0.25) is 10.1 Å². The Morgan fingerprint density at radius 1 is 1.13 bits per heavy atom. The monoisotopic (exact) mass is 437 g/mol. The summed E-state index contributed by atoms with van der Waals surface area (Å²) in [6, 6.07) is 16.4. The lowest BCUT2D eigenvalue weighted by Crippen LogP contribution is -2.34. The molecule has 4 aromatic rings. The summed E-state index contributed by atoms with van der Waals surface area (Å²) in [5.74, 6) is -0.732. The highest BCUT2D eigenvalue weighted by Gasteiger charge is 2.15. The molecule has 3 N–H and O–H groups in total.